The Hall–Kier alpha value is -2.21. The van der Waals surface area contributed by atoms with Gasteiger partial charge in [-0.25, -0.2) is 9.67 Å². The lowest BCUT2D eigenvalue weighted by Gasteiger charge is -2.26. The molecule has 1 aromatic carbocycles. The van der Waals surface area contributed by atoms with Crippen LogP contribution in [0, 0.1) is 0 Å². The fraction of sp³-hybridized carbons (Fsp3) is 0.400. The van der Waals surface area contributed by atoms with Gasteiger partial charge in [0.25, 0.3) is 5.91 Å². The number of hydrogen-bond donors (Lipinski definition) is 2. The van der Waals surface area contributed by atoms with Crippen LogP contribution >= 0.6 is 0 Å². The normalized spacial score (nSPS) is 22.0. The zero-order chi connectivity index (χ0) is 14.7. The lowest BCUT2D eigenvalue weighted by atomic mass is 9.91. The van der Waals surface area contributed by atoms with E-state index in [2.05, 4.69) is 15.4 Å². The summed E-state index contributed by atoms with van der Waals surface area (Å²) in [5, 5.41) is 7.14. The van der Waals surface area contributed by atoms with Gasteiger partial charge in [-0.3, -0.25) is 4.79 Å². The second-order valence-corrected chi connectivity index (χ2v) is 5.47. The zero-order valence-corrected chi connectivity index (χ0v) is 11.8. The van der Waals surface area contributed by atoms with E-state index in [9.17, 15) is 4.79 Å². The van der Waals surface area contributed by atoms with E-state index in [1.807, 2.05) is 12.1 Å². The Morgan fingerprint density at radius 2 is 1.90 bits per heavy atom. The molecule has 0 spiro atoms. The van der Waals surface area contributed by atoms with E-state index in [0.717, 1.165) is 31.4 Å². The highest BCUT2D eigenvalue weighted by Gasteiger charge is 2.20. The van der Waals surface area contributed by atoms with Crippen LogP contribution in [0.5, 0.6) is 0 Å². The maximum absolute atomic E-state index is 12.2. The average molecular weight is 285 g/mol. The van der Waals surface area contributed by atoms with Crippen LogP contribution in [0.2, 0.25) is 0 Å². The van der Waals surface area contributed by atoms with Crippen molar-refractivity contribution >= 4 is 5.91 Å². The summed E-state index contributed by atoms with van der Waals surface area (Å²) in [7, 11) is 0. The van der Waals surface area contributed by atoms with E-state index in [-0.39, 0.29) is 11.9 Å². The highest BCUT2D eigenvalue weighted by Crippen LogP contribution is 2.17. The van der Waals surface area contributed by atoms with E-state index in [1.54, 1.807) is 23.1 Å². The van der Waals surface area contributed by atoms with Crippen molar-refractivity contribution in [1.82, 2.24) is 20.1 Å². The summed E-state index contributed by atoms with van der Waals surface area (Å²) in [6.07, 6.45) is 7.00. The highest BCUT2D eigenvalue weighted by molar-refractivity contribution is 5.94. The van der Waals surface area contributed by atoms with Crippen LogP contribution in [0.15, 0.2) is 36.9 Å². The molecule has 0 atom stereocenters. The van der Waals surface area contributed by atoms with Crippen molar-refractivity contribution in [2.24, 2.45) is 5.73 Å². The van der Waals surface area contributed by atoms with Gasteiger partial charge in [0.05, 0.1) is 5.69 Å². The van der Waals surface area contributed by atoms with Gasteiger partial charge in [0.15, 0.2) is 0 Å². The number of rotatable bonds is 3. The standard InChI is InChI=1S/C15H19N5O/c16-12-3-5-13(6-4-12)19-15(21)11-1-7-14(8-2-11)20-10-17-9-18-20/h1-2,7-10,12-13H,3-6,16H2,(H,19,21)/t12-,13-. The maximum Gasteiger partial charge on any atom is 0.251 e. The quantitative estimate of drug-likeness (QED) is 0.889. The Morgan fingerprint density at radius 3 is 2.52 bits per heavy atom. The molecule has 1 aliphatic rings. The number of nitrogens with one attached hydrogen (secondary N) is 1. The lowest BCUT2D eigenvalue weighted by molar-refractivity contribution is 0.0926. The number of benzene rings is 1. The average Bonchev–Trinajstić information content (AvgIpc) is 3.04. The number of nitrogens with two attached hydrogens (primary N) is 1. The van der Waals surface area contributed by atoms with Crippen LogP contribution in [0.1, 0.15) is 36.0 Å². The molecule has 1 aromatic heterocycles. The van der Waals surface area contributed by atoms with E-state index >= 15 is 0 Å². The first-order valence-electron chi connectivity index (χ1n) is 7.24. The molecule has 1 heterocycles. The molecule has 0 saturated heterocycles. The van der Waals surface area contributed by atoms with Crippen molar-refractivity contribution in [2.75, 3.05) is 0 Å². The summed E-state index contributed by atoms with van der Waals surface area (Å²) in [4.78, 5) is 16.1. The van der Waals surface area contributed by atoms with Crippen LogP contribution in [-0.2, 0) is 0 Å². The summed E-state index contributed by atoms with van der Waals surface area (Å²) in [5.41, 5.74) is 7.42. The first-order valence-corrected chi connectivity index (χ1v) is 7.24. The van der Waals surface area contributed by atoms with Gasteiger partial charge in [-0.1, -0.05) is 0 Å². The third kappa shape index (κ3) is 3.28. The number of carbonyl (C=O) groups is 1. The van der Waals surface area contributed by atoms with Gasteiger partial charge in [0, 0.05) is 17.6 Å². The summed E-state index contributed by atoms with van der Waals surface area (Å²) in [5.74, 6) is -0.0272. The van der Waals surface area contributed by atoms with Crippen molar-refractivity contribution < 1.29 is 4.79 Å². The van der Waals surface area contributed by atoms with Crippen molar-refractivity contribution in [3.05, 3.63) is 42.5 Å². The van der Waals surface area contributed by atoms with Crippen LogP contribution in [0.3, 0.4) is 0 Å². The van der Waals surface area contributed by atoms with Gasteiger partial charge in [-0.2, -0.15) is 5.10 Å². The second-order valence-electron chi connectivity index (χ2n) is 5.47. The molecule has 3 rings (SSSR count). The minimum Gasteiger partial charge on any atom is -0.349 e. The van der Waals surface area contributed by atoms with Gasteiger partial charge in [0.2, 0.25) is 0 Å². The summed E-state index contributed by atoms with van der Waals surface area (Å²) in [6.45, 7) is 0. The molecule has 1 fully saturated rings. The molecule has 0 aliphatic heterocycles. The number of aromatic nitrogens is 3. The van der Waals surface area contributed by atoms with Crippen LogP contribution in [-0.4, -0.2) is 32.8 Å². The van der Waals surface area contributed by atoms with Crippen molar-refractivity contribution in [3.8, 4) is 5.69 Å². The fourth-order valence-electron chi connectivity index (χ4n) is 2.64. The minimum atomic E-state index is -0.0272. The molecule has 0 radical (unpaired) electrons. The third-order valence-corrected chi connectivity index (χ3v) is 3.92. The molecule has 2 aromatic rings. The van der Waals surface area contributed by atoms with E-state index in [1.165, 1.54) is 6.33 Å². The molecule has 110 valence electrons. The van der Waals surface area contributed by atoms with Crippen LogP contribution < -0.4 is 11.1 Å². The molecule has 1 amide bonds. The summed E-state index contributed by atoms with van der Waals surface area (Å²) in [6, 6.07) is 7.87. The smallest absolute Gasteiger partial charge is 0.251 e. The van der Waals surface area contributed by atoms with Gasteiger partial charge in [0.1, 0.15) is 12.7 Å². The predicted molar refractivity (Wildman–Crippen MR) is 79.1 cm³/mol. The van der Waals surface area contributed by atoms with Gasteiger partial charge < -0.3 is 11.1 Å². The van der Waals surface area contributed by atoms with Crippen molar-refractivity contribution in [1.29, 1.82) is 0 Å². The molecular weight excluding hydrogens is 266 g/mol. The Kier molecular flexibility index (Phi) is 3.96. The first kappa shape index (κ1) is 13.8. The molecule has 0 bridgehead atoms. The minimum absolute atomic E-state index is 0.0272. The number of amides is 1. The van der Waals surface area contributed by atoms with Crippen LogP contribution in [0.25, 0.3) is 5.69 Å². The SMILES string of the molecule is N[C@H]1CC[C@H](NC(=O)c2ccc(-n3cncn3)cc2)CC1. The second kappa shape index (κ2) is 6.05. The number of hydrogen-bond acceptors (Lipinski definition) is 4. The Morgan fingerprint density at radius 1 is 1.19 bits per heavy atom. The Labute approximate surface area is 123 Å². The van der Waals surface area contributed by atoms with Gasteiger partial charge in [-0.15, -0.1) is 0 Å². The molecule has 1 saturated carbocycles. The topological polar surface area (TPSA) is 85.8 Å². The van der Waals surface area contributed by atoms with E-state index in [0.29, 0.717) is 11.6 Å². The molecular formula is C15H19N5O. The largest absolute Gasteiger partial charge is 0.349 e. The van der Waals surface area contributed by atoms with E-state index < -0.39 is 0 Å². The summed E-state index contributed by atoms with van der Waals surface area (Å²) >= 11 is 0. The first-order chi connectivity index (χ1) is 10.2. The zero-order valence-electron chi connectivity index (χ0n) is 11.8. The number of nitrogens with zero attached hydrogens (tertiary/aromatic N) is 3. The van der Waals surface area contributed by atoms with Crippen molar-refractivity contribution in [2.45, 2.75) is 37.8 Å². The molecule has 6 nitrogen and oxygen atoms in total. The van der Waals surface area contributed by atoms with Crippen LogP contribution in [0.4, 0.5) is 0 Å². The highest BCUT2D eigenvalue weighted by atomic mass is 16.1. The van der Waals surface area contributed by atoms with Gasteiger partial charge in [-0.05, 0) is 49.9 Å². The summed E-state index contributed by atoms with van der Waals surface area (Å²) < 4.78 is 1.66. The molecule has 21 heavy (non-hydrogen) atoms. The molecule has 1 aliphatic carbocycles. The Bertz CT molecular complexity index is 585. The molecule has 6 heteroatoms. The molecule has 3 N–H and O–H groups in total. The monoisotopic (exact) mass is 285 g/mol. The van der Waals surface area contributed by atoms with Crippen molar-refractivity contribution in [3.63, 3.8) is 0 Å². The molecule has 0 unspecified atom stereocenters. The lowest BCUT2D eigenvalue weighted by Crippen LogP contribution is -2.40. The maximum atomic E-state index is 12.2. The number of carbonyl (C=O) groups excluding carboxylic acids is 1. The van der Waals surface area contributed by atoms with E-state index in [4.69, 9.17) is 5.73 Å². The Balaban J connectivity index is 1.62. The third-order valence-electron chi connectivity index (χ3n) is 3.92. The van der Waals surface area contributed by atoms with Gasteiger partial charge >= 0.3 is 0 Å². The fourth-order valence-corrected chi connectivity index (χ4v) is 2.64. The predicted octanol–water partition coefficient (Wildman–Crippen LogP) is 1.27.